The second kappa shape index (κ2) is 5.84. The molecule has 1 aromatic carbocycles. The Morgan fingerprint density at radius 3 is 2.50 bits per heavy atom. The molecule has 2 aliphatic carbocycles. The molecule has 2 saturated carbocycles. The van der Waals surface area contributed by atoms with Gasteiger partial charge in [-0.25, -0.2) is 4.39 Å². The van der Waals surface area contributed by atoms with Gasteiger partial charge in [-0.05, 0) is 31.4 Å². The van der Waals surface area contributed by atoms with Crippen LogP contribution in [0.5, 0.6) is 5.75 Å². The fraction of sp³-hybridized carbons (Fsp3) is 0.625. The van der Waals surface area contributed by atoms with Gasteiger partial charge in [0.25, 0.3) is 0 Å². The van der Waals surface area contributed by atoms with Crippen LogP contribution in [0.2, 0.25) is 5.02 Å². The standard InChI is InChI=1S/C16H19BrClFO/c17-13-10-14(16(13)8-3-1-2-4-9-16)20-15-11(18)6-5-7-12(15)19/h5-7,13-14H,1-4,8-10H2. The summed E-state index contributed by atoms with van der Waals surface area (Å²) in [5.41, 5.74) is 0.169. The maximum atomic E-state index is 13.9. The summed E-state index contributed by atoms with van der Waals surface area (Å²) >= 11 is 9.87. The van der Waals surface area contributed by atoms with Crippen molar-refractivity contribution >= 4 is 27.5 Å². The molecule has 0 amide bonds. The average molecular weight is 362 g/mol. The Balaban J connectivity index is 1.80. The van der Waals surface area contributed by atoms with Crippen molar-refractivity contribution < 1.29 is 9.13 Å². The van der Waals surface area contributed by atoms with Crippen LogP contribution in [0.15, 0.2) is 18.2 Å². The molecule has 0 N–H and O–H groups in total. The van der Waals surface area contributed by atoms with Crippen LogP contribution in [0, 0.1) is 11.2 Å². The molecule has 2 fully saturated rings. The van der Waals surface area contributed by atoms with Gasteiger partial charge in [-0.1, -0.05) is 59.3 Å². The summed E-state index contributed by atoms with van der Waals surface area (Å²) < 4.78 is 19.9. The van der Waals surface area contributed by atoms with E-state index in [2.05, 4.69) is 15.9 Å². The highest BCUT2D eigenvalue weighted by Crippen LogP contribution is 2.56. The van der Waals surface area contributed by atoms with Crippen molar-refractivity contribution in [3.63, 3.8) is 0 Å². The zero-order valence-corrected chi connectivity index (χ0v) is 13.7. The molecule has 20 heavy (non-hydrogen) atoms. The molecule has 2 atom stereocenters. The predicted octanol–water partition coefficient (Wildman–Crippen LogP) is 5.73. The van der Waals surface area contributed by atoms with Gasteiger partial charge in [0.2, 0.25) is 0 Å². The summed E-state index contributed by atoms with van der Waals surface area (Å²) in [7, 11) is 0. The van der Waals surface area contributed by atoms with Gasteiger partial charge in [-0.15, -0.1) is 0 Å². The molecular weight excluding hydrogens is 343 g/mol. The average Bonchev–Trinajstić information content (AvgIpc) is 2.69. The minimum absolute atomic E-state index is 0.0828. The Morgan fingerprint density at radius 2 is 1.90 bits per heavy atom. The van der Waals surface area contributed by atoms with Crippen molar-refractivity contribution in [3.05, 3.63) is 29.0 Å². The first-order chi connectivity index (χ1) is 9.63. The number of hydrogen-bond acceptors (Lipinski definition) is 1. The molecule has 4 heteroatoms. The Bertz CT molecular complexity index is 465. The SMILES string of the molecule is Fc1cccc(Cl)c1OC1CC(Br)C12CCCCCC2. The van der Waals surface area contributed by atoms with E-state index in [0.29, 0.717) is 9.85 Å². The highest BCUT2D eigenvalue weighted by atomic mass is 79.9. The van der Waals surface area contributed by atoms with E-state index in [1.807, 2.05) is 0 Å². The number of hydrogen-bond donors (Lipinski definition) is 0. The minimum Gasteiger partial charge on any atom is -0.485 e. The van der Waals surface area contributed by atoms with E-state index >= 15 is 0 Å². The lowest BCUT2D eigenvalue weighted by Crippen LogP contribution is -2.56. The zero-order valence-electron chi connectivity index (χ0n) is 11.4. The third kappa shape index (κ3) is 2.48. The first-order valence-electron chi connectivity index (χ1n) is 7.38. The van der Waals surface area contributed by atoms with Crippen LogP contribution in [0.1, 0.15) is 44.9 Å². The van der Waals surface area contributed by atoms with Crippen molar-refractivity contribution in [1.82, 2.24) is 0 Å². The number of halogens is 3. The first kappa shape index (κ1) is 14.6. The van der Waals surface area contributed by atoms with Crippen LogP contribution in [0.3, 0.4) is 0 Å². The molecule has 0 bridgehead atoms. The Morgan fingerprint density at radius 1 is 1.20 bits per heavy atom. The third-order valence-corrected chi connectivity index (χ3v) is 6.48. The minimum atomic E-state index is -0.362. The molecule has 0 aliphatic heterocycles. The molecule has 1 nitrogen and oxygen atoms in total. The van der Waals surface area contributed by atoms with Crippen molar-refractivity contribution in [2.24, 2.45) is 5.41 Å². The number of alkyl halides is 1. The van der Waals surface area contributed by atoms with Gasteiger partial charge in [0.05, 0.1) is 5.02 Å². The number of ether oxygens (including phenoxy) is 1. The van der Waals surface area contributed by atoms with Gasteiger partial charge in [0, 0.05) is 10.2 Å². The number of para-hydroxylation sites is 1. The summed E-state index contributed by atoms with van der Waals surface area (Å²) in [4.78, 5) is 0.489. The van der Waals surface area contributed by atoms with Crippen LogP contribution in [-0.4, -0.2) is 10.9 Å². The molecule has 0 heterocycles. The quantitative estimate of drug-likeness (QED) is 0.611. The second-order valence-electron chi connectivity index (χ2n) is 6.01. The summed E-state index contributed by atoms with van der Waals surface area (Å²) in [5, 5.41) is 0.367. The molecule has 0 aromatic heterocycles. The van der Waals surface area contributed by atoms with E-state index in [4.69, 9.17) is 16.3 Å². The molecule has 3 rings (SSSR count). The summed E-state index contributed by atoms with van der Waals surface area (Å²) in [6.45, 7) is 0. The zero-order chi connectivity index (χ0) is 14.2. The Hall–Kier alpha value is -0.280. The van der Waals surface area contributed by atoms with Gasteiger partial charge >= 0.3 is 0 Å². The smallest absolute Gasteiger partial charge is 0.173 e. The normalized spacial score (nSPS) is 28.8. The monoisotopic (exact) mass is 360 g/mol. The molecule has 1 aromatic rings. The fourth-order valence-corrected chi connectivity index (χ4v) is 4.92. The lowest BCUT2D eigenvalue weighted by molar-refractivity contribution is -0.0479. The van der Waals surface area contributed by atoms with Crippen LogP contribution < -0.4 is 4.74 Å². The largest absolute Gasteiger partial charge is 0.485 e. The number of rotatable bonds is 2. The lowest BCUT2D eigenvalue weighted by atomic mass is 9.61. The summed E-state index contributed by atoms with van der Waals surface area (Å²) in [5.74, 6) is -0.138. The maximum Gasteiger partial charge on any atom is 0.173 e. The second-order valence-corrected chi connectivity index (χ2v) is 7.52. The van der Waals surface area contributed by atoms with Crippen LogP contribution in [-0.2, 0) is 0 Å². The van der Waals surface area contributed by atoms with Gasteiger partial charge in [0.1, 0.15) is 6.10 Å². The van der Waals surface area contributed by atoms with Crippen LogP contribution >= 0.6 is 27.5 Å². The third-order valence-electron chi connectivity index (χ3n) is 4.90. The first-order valence-corrected chi connectivity index (χ1v) is 8.67. The van der Waals surface area contributed by atoms with E-state index in [1.54, 1.807) is 12.1 Å². The molecule has 1 spiro atoms. The fourth-order valence-electron chi connectivity index (χ4n) is 3.62. The summed E-state index contributed by atoms with van der Waals surface area (Å²) in [6.07, 6.45) is 8.44. The van der Waals surface area contributed by atoms with Gasteiger partial charge < -0.3 is 4.74 Å². The van der Waals surface area contributed by atoms with Crippen molar-refractivity contribution in [1.29, 1.82) is 0 Å². The molecule has 2 unspecified atom stereocenters. The summed E-state index contributed by atoms with van der Waals surface area (Å²) in [6, 6.07) is 4.70. The van der Waals surface area contributed by atoms with E-state index in [0.717, 1.165) is 6.42 Å². The topological polar surface area (TPSA) is 9.23 Å². The molecule has 0 saturated heterocycles. The molecule has 2 aliphatic rings. The van der Waals surface area contributed by atoms with Gasteiger partial charge in [-0.3, -0.25) is 0 Å². The van der Waals surface area contributed by atoms with E-state index in [-0.39, 0.29) is 23.1 Å². The van der Waals surface area contributed by atoms with E-state index in [9.17, 15) is 4.39 Å². The van der Waals surface area contributed by atoms with Crippen molar-refractivity contribution in [3.8, 4) is 5.75 Å². The molecular formula is C16H19BrClFO. The van der Waals surface area contributed by atoms with E-state index in [1.165, 1.54) is 44.6 Å². The van der Waals surface area contributed by atoms with Gasteiger partial charge in [-0.2, -0.15) is 0 Å². The Kier molecular flexibility index (Phi) is 4.28. The van der Waals surface area contributed by atoms with Crippen LogP contribution in [0.25, 0.3) is 0 Å². The molecule has 110 valence electrons. The van der Waals surface area contributed by atoms with E-state index < -0.39 is 0 Å². The maximum absolute atomic E-state index is 13.9. The van der Waals surface area contributed by atoms with Crippen LogP contribution in [0.4, 0.5) is 4.39 Å². The Labute approximate surface area is 133 Å². The lowest BCUT2D eigenvalue weighted by Gasteiger charge is -2.53. The predicted molar refractivity (Wildman–Crippen MR) is 83.3 cm³/mol. The highest BCUT2D eigenvalue weighted by molar-refractivity contribution is 9.09. The van der Waals surface area contributed by atoms with Gasteiger partial charge in [0.15, 0.2) is 11.6 Å². The van der Waals surface area contributed by atoms with Crippen molar-refractivity contribution in [2.45, 2.75) is 55.9 Å². The highest BCUT2D eigenvalue weighted by Gasteiger charge is 2.55. The molecule has 0 radical (unpaired) electrons. The van der Waals surface area contributed by atoms with Crippen molar-refractivity contribution in [2.75, 3.05) is 0 Å². The number of benzene rings is 1.